The van der Waals surface area contributed by atoms with Crippen LogP contribution >= 0.6 is 46.4 Å². The van der Waals surface area contributed by atoms with Gasteiger partial charge in [-0.3, -0.25) is 20.4 Å². The molecule has 0 radical (unpaired) electrons. The lowest BCUT2D eigenvalue weighted by Crippen LogP contribution is -2.61. The van der Waals surface area contributed by atoms with Crippen molar-refractivity contribution in [2.24, 2.45) is 0 Å². The number of aromatic carboxylic acids is 1. The van der Waals surface area contributed by atoms with Gasteiger partial charge in [-0.15, -0.1) is 0 Å². The van der Waals surface area contributed by atoms with E-state index >= 15 is 0 Å². The maximum atomic E-state index is 12.5. The van der Waals surface area contributed by atoms with Crippen LogP contribution in [0.15, 0.2) is 0 Å². The molecule has 2 amide bonds. The van der Waals surface area contributed by atoms with Crippen molar-refractivity contribution in [2.45, 2.75) is 64.1 Å². The first kappa shape index (κ1) is 27.0. The molecule has 32 heavy (non-hydrogen) atoms. The first-order chi connectivity index (χ1) is 14.6. The first-order valence-electron chi connectivity index (χ1n) is 9.86. The Balaban J connectivity index is 1.95. The lowest BCUT2D eigenvalue weighted by molar-refractivity contribution is -0.121. The molecule has 1 aromatic carbocycles. The molecule has 1 aliphatic heterocycles. The van der Waals surface area contributed by atoms with Crippen LogP contribution in [0.5, 0.6) is 0 Å². The van der Waals surface area contributed by atoms with Gasteiger partial charge < -0.3 is 15.7 Å². The SMILES string of the molecule is CC1(C)CC(NCCC(=O)NNC(=O)c2c(Cl)c(Cl)c(Cl)c(Cl)c2C(=O)O)CC(C)(C)N1. The van der Waals surface area contributed by atoms with Crippen LogP contribution < -0.4 is 21.5 Å². The average molecular weight is 528 g/mol. The molecule has 1 aliphatic rings. The lowest BCUT2D eigenvalue weighted by atomic mass is 9.79. The minimum Gasteiger partial charge on any atom is -0.478 e. The smallest absolute Gasteiger partial charge is 0.338 e. The van der Waals surface area contributed by atoms with Crippen LogP contribution in [0.2, 0.25) is 20.1 Å². The van der Waals surface area contributed by atoms with E-state index in [0.717, 1.165) is 12.8 Å². The Bertz CT molecular complexity index is 921. The fourth-order valence-corrected chi connectivity index (χ4v) is 5.17. The van der Waals surface area contributed by atoms with E-state index in [1.807, 2.05) is 0 Å². The molecule has 0 spiro atoms. The largest absolute Gasteiger partial charge is 0.478 e. The van der Waals surface area contributed by atoms with Crippen molar-refractivity contribution < 1.29 is 19.5 Å². The standard InChI is InChI=1S/C20H26Cl4N4O4/c1-19(2)7-9(8-20(3,4)28-19)25-6-5-10(29)26-27-17(30)11-12(18(31)32)14(22)16(24)15(23)13(11)21/h9,25,28H,5-8H2,1-4H3,(H,26,29)(H,27,30)(H,31,32). The summed E-state index contributed by atoms with van der Waals surface area (Å²) < 4.78 is 0. The third-order valence-corrected chi connectivity index (χ3v) is 6.80. The summed E-state index contributed by atoms with van der Waals surface area (Å²) in [6.45, 7) is 8.94. The summed E-state index contributed by atoms with van der Waals surface area (Å²) in [4.78, 5) is 36.2. The van der Waals surface area contributed by atoms with Gasteiger partial charge in [-0.05, 0) is 40.5 Å². The van der Waals surface area contributed by atoms with Crippen LogP contribution in [-0.4, -0.2) is 46.6 Å². The Morgan fingerprint density at radius 2 is 1.41 bits per heavy atom. The van der Waals surface area contributed by atoms with E-state index in [0.29, 0.717) is 6.54 Å². The van der Waals surface area contributed by atoms with Gasteiger partial charge in [0.05, 0.1) is 31.2 Å². The highest BCUT2D eigenvalue weighted by Crippen LogP contribution is 2.41. The molecule has 2 rings (SSSR count). The zero-order chi connectivity index (χ0) is 24.4. The second kappa shape index (κ2) is 10.3. The number of carbonyl (C=O) groups excluding carboxylic acids is 2. The maximum absolute atomic E-state index is 12.5. The van der Waals surface area contributed by atoms with Gasteiger partial charge in [0.2, 0.25) is 5.91 Å². The van der Waals surface area contributed by atoms with Crippen LogP contribution in [0, 0.1) is 0 Å². The van der Waals surface area contributed by atoms with Crippen LogP contribution in [0.3, 0.4) is 0 Å². The van der Waals surface area contributed by atoms with Crippen molar-refractivity contribution in [2.75, 3.05) is 6.54 Å². The van der Waals surface area contributed by atoms with Gasteiger partial charge in [-0.2, -0.15) is 0 Å². The Morgan fingerprint density at radius 3 is 1.91 bits per heavy atom. The summed E-state index contributed by atoms with van der Waals surface area (Å²) in [5, 5.41) is 15.0. The number of amides is 2. The van der Waals surface area contributed by atoms with E-state index in [9.17, 15) is 19.5 Å². The fourth-order valence-electron chi connectivity index (χ4n) is 4.15. The summed E-state index contributed by atoms with van der Waals surface area (Å²) in [6, 6.07) is 0.235. The Hall–Kier alpha value is -1.29. The summed E-state index contributed by atoms with van der Waals surface area (Å²) in [6.07, 6.45) is 1.90. The van der Waals surface area contributed by atoms with Crippen molar-refractivity contribution in [1.82, 2.24) is 21.5 Å². The Morgan fingerprint density at radius 1 is 0.906 bits per heavy atom. The third kappa shape index (κ3) is 6.62. The van der Waals surface area contributed by atoms with E-state index in [1.54, 1.807) is 0 Å². The van der Waals surface area contributed by atoms with Gasteiger partial charge in [0, 0.05) is 30.1 Å². The predicted molar refractivity (Wildman–Crippen MR) is 126 cm³/mol. The fraction of sp³-hybridized carbons (Fsp3) is 0.550. The highest BCUT2D eigenvalue weighted by molar-refractivity contribution is 6.54. The lowest BCUT2D eigenvalue weighted by Gasteiger charge is -2.46. The molecule has 1 heterocycles. The average Bonchev–Trinajstić information content (AvgIpc) is 2.64. The van der Waals surface area contributed by atoms with E-state index in [4.69, 9.17) is 46.4 Å². The van der Waals surface area contributed by atoms with Crippen molar-refractivity contribution in [3.8, 4) is 0 Å². The highest BCUT2D eigenvalue weighted by Gasteiger charge is 2.37. The van der Waals surface area contributed by atoms with Gasteiger partial charge in [-0.1, -0.05) is 46.4 Å². The Kier molecular flexibility index (Phi) is 8.70. The third-order valence-electron chi connectivity index (χ3n) is 5.00. The molecule has 12 heteroatoms. The van der Waals surface area contributed by atoms with Crippen molar-refractivity contribution in [1.29, 1.82) is 0 Å². The predicted octanol–water partition coefficient (Wildman–Crippen LogP) is 4.05. The minimum atomic E-state index is -1.52. The number of nitrogens with one attached hydrogen (secondary N) is 4. The van der Waals surface area contributed by atoms with Crippen molar-refractivity contribution in [3.05, 3.63) is 31.2 Å². The quantitative estimate of drug-likeness (QED) is 0.216. The molecule has 1 fully saturated rings. The molecule has 8 nitrogen and oxygen atoms in total. The second-order valence-electron chi connectivity index (χ2n) is 9.02. The number of hydrazine groups is 1. The monoisotopic (exact) mass is 526 g/mol. The molecule has 1 aromatic rings. The molecule has 0 aromatic heterocycles. The minimum absolute atomic E-state index is 0.0299. The normalized spacial score (nSPS) is 17.6. The van der Waals surface area contributed by atoms with Crippen LogP contribution in [-0.2, 0) is 4.79 Å². The topological polar surface area (TPSA) is 120 Å². The number of hydrogen-bond donors (Lipinski definition) is 5. The molecule has 1 saturated heterocycles. The van der Waals surface area contributed by atoms with Gasteiger partial charge in [0.1, 0.15) is 0 Å². The molecule has 5 N–H and O–H groups in total. The van der Waals surface area contributed by atoms with Crippen molar-refractivity contribution in [3.63, 3.8) is 0 Å². The highest BCUT2D eigenvalue weighted by atomic mass is 35.5. The zero-order valence-corrected chi connectivity index (χ0v) is 21.1. The number of hydrogen-bond acceptors (Lipinski definition) is 5. The van der Waals surface area contributed by atoms with Crippen LogP contribution in [0.25, 0.3) is 0 Å². The Labute approximate surface area is 206 Å². The molecule has 0 saturated carbocycles. The molecule has 0 aliphatic carbocycles. The summed E-state index contributed by atoms with van der Waals surface area (Å²) in [7, 11) is 0. The molecular weight excluding hydrogens is 502 g/mol. The van der Waals surface area contributed by atoms with Crippen LogP contribution in [0.4, 0.5) is 0 Å². The van der Waals surface area contributed by atoms with Gasteiger partial charge in [0.25, 0.3) is 5.91 Å². The first-order valence-corrected chi connectivity index (χ1v) is 11.4. The molecule has 178 valence electrons. The number of piperidine rings is 1. The van der Waals surface area contributed by atoms with Crippen molar-refractivity contribution >= 4 is 64.2 Å². The summed E-state index contributed by atoms with van der Waals surface area (Å²) in [5.74, 6) is -2.99. The molecule has 0 unspecified atom stereocenters. The summed E-state index contributed by atoms with van der Waals surface area (Å²) >= 11 is 23.7. The van der Waals surface area contributed by atoms with Crippen LogP contribution in [0.1, 0.15) is 67.7 Å². The van der Waals surface area contributed by atoms with E-state index in [2.05, 4.69) is 49.2 Å². The summed E-state index contributed by atoms with van der Waals surface area (Å²) in [5.41, 5.74) is 3.20. The molecule has 0 atom stereocenters. The van der Waals surface area contributed by atoms with E-state index < -0.39 is 33.9 Å². The number of rotatable bonds is 6. The number of carboxylic acid groups (broad SMARTS) is 1. The van der Waals surface area contributed by atoms with E-state index in [1.165, 1.54) is 0 Å². The van der Waals surface area contributed by atoms with Gasteiger partial charge >= 0.3 is 5.97 Å². The number of halogens is 4. The second-order valence-corrected chi connectivity index (χ2v) is 10.5. The zero-order valence-electron chi connectivity index (χ0n) is 18.1. The number of carboxylic acids is 1. The van der Waals surface area contributed by atoms with E-state index in [-0.39, 0.29) is 38.6 Å². The van der Waals surface area contributed by atoms with Gasteiger partial charge in [-0.25, -0.2) is 4.79 Å². The maximum Gasteiger partial charge on any atom is 0.338 e. The molecule has 0 bridgehead atoms. The molecular formula is C20H26Cl4N4O4. The number of benzene rings is 1. The van der Waals surface area contributed by atoms with Gasteiger partial charge in [0.15, 0.2) is 0 Å². The number of carbonyl (C=O) groups is 3.